The molecule has 0 atom stereocenters. The van der Waals surface area contributed by atoms with Gasteiger partial charge < -0.3 is 4.90 Å². The molecule has 0 aliphatic heterocycles. The first-order valence-electron chi connectivity index (χ1n) is 4.58. The van der Waals surface area contributed by atoms with Crippen LogP contribution in [0.5, 0.6) is 0 Å². The largest absolute Gasteiger partial charge is 0.369 e. The van der Waals surface area contributed by atoms with Crippen molar-refractivity contribution in [2.75, 3.05) is 14.1 Å². The third kappa shape index (κ3) is 2.02. The van der Waals surface area contributed by atoms with E-state index in [9.17, 15) is 4.79 Å². The third-order valence-corrected chi connectivity index (χ3v) is 1.74. The summed E-state index contributed by atoms with van der Waals surface area (Å²) in [6, 6.07) is 0. The maximum Gasteiger partial charge on any atom is 0.280 e. The summed E-state index contributed by atoms with van der Waals surface area (Å²) in [6.45, 7) is 0. The van der Waals surface area contributed by atoms with E-state index in [1.807, 2.05) is 14.1 Å². The van der Waals surface area contributed by atoms with Gasteiger partial charge in [-0.05, 0) is 0 Å². The monoisotopic (exact) mass is 218 g/mol. The Morgan fingerprint density at radius 2 is 2.12 bits per heavy atom. The molecule has 0 unspecified atom stereocenters. The zero-order chi connectivity index (χ0) is 11.5. The average Bonchev–Trinajstić information content (AvgIpc) is 2.26. The van der Waals surface area contributed by atoms with Crippen LogP contribution in [0.2, 0.25) is 0 Å². The summed E-state index contributed by atoms with van der Waals surface area (Å²) in [4.78, 5) is 31.7. The van der Waals surface area contributed by atoms with Crippen LogP contribution >= 0.6 is 0 Å². The number of aromatic nitrogens is 4. The van der Waals surface area contributed by atoms with E-state index in [1.54, 1.807) is 11.2 Å². The zero-order valence-electron chi connectivity index (χ0n) is 8.88. The second-order valence-electron chi connectivity index (χ2n) is 3.33. The Hall–Kier alpha value is -2.31. The molecule has 7 nitrogen and oxygen atoms in total. The number of fused-ring (bicyclic) bond motifs is 1. The van der Waals surface area contributed by atoms with Gasteiger partial charge in [-0.25, -0.2) is 15.0 Å². The number of nitrogens with zero attached hydrogens (tertiary/aromatic N) is 5. The van der Waals surface area contributed by atoms with Gasteiger partial charge in [0.15, 0.2) is 11.2 Å². The first-order chi connectivity index (χ1) is 7.66. The first-order valence-corrected chi connectivity index (χ1v) is 4.58. The molecule has 2 rings (SSSR count). The molecule has 2 aromatic heterocycles. The smallest absolute Gasteiger partial charge is 0.280 e. The van der Waals surface area contributed by atoms with E-state index in [1.165, 1.54) is 12.4 Å². The highest BCUT2D eigenvalue weighted by molar-refractivity contribution is 5.69. The third-order valence-electron chi connectivity index (χ3n) is 1.74. The number of nitrogens with one attached hydrogen (secondary N) is 1. The summed E-state index contributed by atoms with van der Waals surface area (Å²) >= 11 is 0. The summed E-state index contributed by atoms with van der Waals surface area (Å²) in [5, 5.41) is 0. The van der Waals surface area contributed by atoms with Gasteiger partial charge in [-0.2, -0.15) is 4.98 Å². The molecule has 0 bridgehead atoms. The van der Waals surface area contributed by atoms with Crippen molar-refractivity contribution in [3.63, 3.8) is 0 Å². The molecule has 0 fully saturated rings. The molecule has 0 saturated carbocycles. The minimum atomic E-state index is -0.344. The molecule has 0 aromatic carbocycles. The number of hydrogen-bond acceptors (Lipinski definition) is 5. The van der Waals surface area contributed by atoms with E-state index in [-0.39, 0.29) is 22.7 Å². The number of rotatable bonds is 2. The van der Waals surface area contributed by atoms with E-state index in [4.69, 9.17) is 0 Å². The Morgan fingerprint density at radius 1 is 1.38 bits per heavy atom. The SMILES string of the molecule is CN(C)/C=N/c1nc2nccnc2c(=O)[nH]1. The van der Waals surface area contributed by atoms with Crippen LogP contribution in [0.4, 0.5) is 5.95 Å². The topological polar surface area (TPSA) is 87.1 Å². The van der Waals surface area contributed by atoms with E-state index in [2.05, 4.69) is 24.9 Å². The summed E-state index contributed by atoms with van der Waals surface area (Å²) in [7, 11) is 3.64. The van der Waals surface area contributed by atoms with Crippen molar-refractivity contribution in [3.8, 4) is 0 Å². The van der Waals surface area contributed by atoms with E-state index < -0.39 is 0 Å². The molecular weight excluding hydrogens is 208 g/mol. The molecule has 7 heteroatoms. The molecule has 0 spiro atoms. The van der Waals surface area contributed by atoms with Crippen molar-refractivity contribution in [3.05, 3.63) is 22.7 Å². The lowest BCUT2D eigenvalue weighted by molar-refractivity contribution is 0.642. The van der Waals surface area contributed by atoms with Gasteiger partial charge in [-0.15, -0.1) is 0 Å². The van der Waals surface area contributed by atoms with Gasteiger partial charge in [0.1, 0.15) is 0 Å². The standard InChI is InChI=1S/C9H10N6O/c1-15(2)5-12-9-13-7-6(8(16)14-9)10-3-4-11-7/h3-5H,1-2H3,(H,11,13,14,16)/b12-5+. The van der Waals surface area contributed by atoms with Crippen LogP contribution in [0.3, 0.4) is 0 Å². The number of aliphatic imine (C=N–C) groups is 1. The quantitative estimate of drug-likeness (QED) is 0.563. The molecule has 0 amide bonds. The Morgan fingerprint density at radius 3 is 2.88 bits per heavy atom. The predicted octanol–water partition coefficient (Wildman–Crippen LogP) is -0.0655. The fourth-order valence-corrected chi connectivity index (χ4v) is 1.09. The highest BCUT2D eigenvalue weighted by Crippen LogP contribution is 2.04. The average molecular weight is 218 g/mol. The van der Waals surface area contributed by atoms with Crippen LogP contribution in [0, 0.1) is 0 Å². The fraction of sp³-hybridized carbons (Fsp3) is 0.222. The van der Waals surface area contributed by atoms with Crippen molar-refractivity contribution in [2.45, 2.75) is 0 Å². The van der Waals surface area contributed by atoms with Gasteiger partial charge in [-0.3, -0.25) is 9.78 Å². The Kier molecular flexibility index (Phi) is 2.59. The number of H-pyrrole nitrogens is 1. The van der Waals surface area contributed by atoms with Gasteiger partial charge in [0.05, 0.1) is 6.34 Å². The Labute approximate surface area is 90.9 Å². The van der Waals surface area contributed by atoms with Gasteiger partial charge in [0.2, 0.25) is 5.95 Å². The van der Waals surface area contributed by atoms with Crippen molar-refractivity contribution in [1.29, 1.82) is 0 Å². The number of aromatic amines is 1. The van der Waals surface area contributed by atoms with Gasteiger partial charge >= 0.3 is 0 Å². The van der Waals surface area contributed by atoms with Crippen LogP contribution in [0.1, 0.15) is 0 Å². The minimum Gasteiger partial charge on any atom is -0.369 e. The van der Waals surface area contributed by atoms with Crippen LogP contribution < -0.4 is 5.56 Å². The van der Waals surface area contributed by atoms with Gasteiger partial charge in [0.25, 0.3) is 5.56 Å². The normalized spacial score (nSPS) is 11.1. The van der Waals surface area contributed by atoms with Crippen molar-refractivity contribution >= 4 is 23.5 Å². The summed E-state index contributed by atoms with van der Waals surface area (Å²) < 4.78 is 0. The molecular formula is C9H10N6O. The van der Waals surface area contributed by atoms with Crippen LogP contribution in [-0.4, -0.2) is 45.3 Å². The summed E-state index contributed by atoms with van der Waals surface area (Å²) in [5.41, 5.74) is 0.160. The van der Waals surface area contributed by atoms with Crippen molar-refractivity contribution < 1.29 is 0 Å². The van der Waals surface area contributed by atoms with Crippen LogP contribution in [-0.2, 0) is 0 Å². The molecule has 0 radical (unpaired) electrons. The lowest BCUT2D eigenvalue weighted by Crippen LogP contribution is -2.11. The van der Waals surface area contributed by atoms with Crippen molar-refractivity contribution in [1.82, 2.24) is 24.8 Å². The van der Waals surface area contributed by atoms with E-state index in [0.717, 1.165) is 0 Å². The molecule has 0 aliphatic rings. The van der Waals surface area contributed by atoms with E-state index >= 15 is 0 Å². The highest BCUT2D eigenvalue weighted by Gasteiger charge is 2.03. The van der Waals surface area contributed by atoms with Gasteiger partial charge in [-0.1, -0.05) is 0 Å². The predicted molar refractivity (Wildman–Crippen MR) is 59.8 cm³/mol. The molecule has 0 aliphatic carbocycles. The summed E-state index contributed by atoms with van der Waals surface area (Å²) in [6.07, 6.45) is 4.47. The number of hydrogen-bond donors (Lipinski definition) is 1. The second kappa shape index (κ2) is 4.05. The molecule has 0 saturated heterocycles. The van der Waals surface area contributed by atoms with Crippen molar-refractivity contribution in [2.24, 2.45) is 4.99 Å². The van der Waals surface area contributed by atoms with Crippen LogP contribution in [0.15, 0.2) is 22.2 Å². The minimum absolute atomic E-state index is 0.214. The maximum atomic E-state index is 11.6. The molecule has 2 aromatic rings. The second-order valence-corrected chi connectivity index (χ2v) is 3.33. The molecule has 16 heavy (non-hydrogen) atoms. The molecule has 82 valence electrons. The fourth-order valence-electron chi connectivity index (χ4n) is 1.09. The molecule has 1 N–H and O–H groups in total. The zero-order valence-corrected chi connectivity index (χ0v) is 8.88. The molecule has 2 heterocycles. The van der Waals surface area contributed by atoms with E-state index in [0.29, 0.717) is 0 Å². The van der Waals surface area contributed by atoms with Crippen LogP contribution in [0.25, 0.3) is 11.2 Å². The maximum absolute atomic E-state index is 11.6. The Balaban J connectivity index is 2.54. The summed E-state index contributed by atoms with van der Waals surface area (Å²) in [5.74, 6) is 0.215. The Bertz CT molecular complexity index is 588. The lowest BCUT2D eigenvalue weighted by atomic mass is 10.5. The first kappa shape index (κ1) is 10.2. The highest BCUT2D eigenvalue weighted by atomic mass is 16.1. The van der Waals surface area contributed by atoms with Gasteiger partial charge in [0, 0.05) is 26.5 Å². The lowest BCUT2D eigenvalue weighted by Gasteiger charge is -2.01.